The minimum atomic E-state index is 0.456. The minimum absolute atomic E-state index is 0.456. The summed E-state index contributed by atoms with van der Waals surface area (Å²) in [5.41, 5.74) is 0.456. The second-order valence-electron chi connectivity index (χ2n) is 4.43. The molecule has 1 aliphatic rings. The number of rotatable bonds is 4. The van der Waals surface area contributed by atoms with Crippen molar-refractivity contribution in [2.24, 2.45) is 0 Å². The van der Waals surface area contributed by atoms with Gasteiger partial charge in [-0.1, -0.05) is 6.07 Å². The molecule has 0 N–H and O–H groups in total. The first-order valence-corrected chi connectivity index (χ1v) is 6.03. The Bertz CT molecular complexity index is 567. The topological polar surface area (TPSA) is 53.1 Å². The van der Waals surface area contributed by atoms with Gasteiger partial charge < -0.3 is 9.32 Å². The van der Waals surface area contributed by atoms with Crippen molar-refractivity contribution in [3.05, 3.63) is 48.0 Å². The lowest BCUT2D eigenvalue weighted by atomic mass is 10.3. The lowest BCUT2D eigenvalue weighted by molar-refractivity contribution is 0.500. The monoisotopic (exact) mass is 239 g/mol. The summed E-state index contributed by atoms with van der Waals surface area (Å²) in [5, 5.41) is 8.91. The molecular formula is C14H13N3O. The van der Waals surface area contributed by atoms with Gasteiger partial charge in [0.2, 0.25) is 0 Å². The smallest absolute Gasteiger partial charge is 0.142 e. The molecule has 0 spiro atoms. The van der Waals surface area contributed by atoms with Crippen molar-refractivity contribution in [1.82, 2.24) is 4.98 Å². The first-order chi connectivity index (χ1) is 8.86. The van der Waals surface area contributed by atoms with E-state index < -0.39 is 0 Å². The van der Waals surface area contributed by atoms with E-state index in [4.69, 9.17) is 9.68 Å². The summed E-state index contributed by atoms with van der Waals surface area (Å²) < 4.78 is 5.39. The van der Waals surface area contributed by atoms with E-state index in [0.29, 0.717) is 18.3 Å². The molecule has 0 atom stereocenters. The largest absolute Gasteiger partial charge is 0.467 e. The highest BCUT2D eigenvalue weighted by Gasteiger charge is 2.30. The normalized spacial score (nSPS) is 14.2. The summed E-state index contributed by atoms with van der Waals surface area (Å²) in [5.74, 6) is 1.78. The molecule has 18 heavy (non-hydrogen) atoms. The van der Waals surface area contributed by atoms with Gasteiger partial charge in [-0.3, -0.25) is 0 Å². The molecule has 4 nitrogen and oxygen atoms in total. The van der Waals surface area contributed by atoms with E-state index in [-0.39, 0.29) is 0 Å². The molecule has 0 saturated heterocycles. The summed E-state index contributed by atoms with van der Waals surface area (Å²) in [6.45, 7) is 0.708. The van der Waals surface area contributed by atoms with Crippen molar-refractivity contribution < 1.29 is 4.42 Å². The van der Waals surface area contributed by atoms with Crippen LogP contribution < -0.4 is 4.90 Å². The van der Waals surface area contributed by atoms with Crippen LogP contribution in [0.3, 0.4) is 0 Å². The SMILES string of the molecule is N#Cc1cccc(N(Cc2ccco2)C2CC2)n1. The molecule has 2 aromatic rings. The lowest BCUT2D eigenvalue weighted by Crippen LogP contribution is -2.25. The number of hydrogen-bond acceptors (Lipinski definition) is 4. The standard InChI is InChI=1S/C14H13N3O/c15-9-11-3-1-5-14(16-11)17(12-6-7-12)10-13-4-2-8-18-13/h1-5,8,12H,6-7,10H2. The van der Waals surface area contributed by atoms with E-state index in [1.165, 1.54) is 12.8 Å². The van der Waals surface area contributed by atoms with Crippen molar-refractivity contribution in [2.45, 2.75) is 25.4 Å². The molecule has 0 aromatic carbocycles. The molecule has 0 amide bonds. The van der Waals surface area contributed by atoms with Crippen LogP contribution in [0.2, 0.25) is 0 Å². The Labute approximate surface area is 105 Å². The Balaban J connectivity index is 1.87. The van der Waals surface area contributed by atoms with Gasteiger partial charge in [0.1, 0.15) is 23.3 Å². The Morgan fingerprint density at radius 2 is 2.22 bits per heavy atom. The number of nitriles is 1. The third-order valence-electron chi connectivity index (χ3n) is 3.04. The molecule has 0 unspecified atom stereocenters. The molecule has 2 heterocycles. The fourth-order valence-electron chi connectivity index (χ4n) is 2.00. The molecule has 0 radical (unpaired) electrons. The Kier molecular flexibility index (Phi) is 2.73. The van der Waals surface area contributed by atoms with Crippen LogP contribution in [-0.4, -0.2) is 11.0 Å². The van der Waals surface area contributed by atoms with Gasteiger partial charge in [-0.15, -0.1) is 0 Å². The zero-order valence-corrected chi connectivity index (χ0v) is 9.91. The van der Waals surface area contributed by atoms with E-state index >= 15 is 0 Å². The van der Waals surface area contributed by atoms with E-state index in [1.54, 1.807) is 12.3 Å². The number of hydrogen-bond donors (Lipinski definition) is 0. The van der Waals surface area contributed by atoms with Crippen LogP contribution in [0.4, 0.5) is 5.82 Å². The van der Waals surface area contributed by atoms with Crippen molar-refractivity contribution >= 4 is 5.82 Å². The van der Waals surface area contributed by atoms with Gasteiger partial charge in [0, 0.05) is 6.04 Å². The lowest BCUT2D eigenvalue weighted by Gasteiger charge is -2.22. The molecular weight excluding hydrogens is 226 g/mol. The number of pyridine rings is 1. The second kappa shape index (κ2) is 4.53. The van der Waals surface area contributed by atoms with Crippen molar-refractivity contribution in [3.63, 3.8) is 0 Å². The number of anilines is 1. The summed E-state index contributed by atoms with van der Waals surface area (Å²) in [7, 11) is 0. The van der Waals surface area contributed by atoms with Gasteiger partial charge in [-0.05, 0) is 37.1 Å². The fourth-order valence-corrected chi connectivity index (χ4v) is 2.00. The second-order valence-corrected chi connectivity index (χ2v) is 4.43. The third-order valence-corrected chi connectivity index (χ3v) is 3.04. The zero-order chi connectivity index (χ0) is 12.4. The van der Waals surface area contributed by atoms with Crippen LogP contribution in [0.5, 0.6) is 0 Å². The van der Waals surface area contributed by atoms with Crippen LogP contribution >= 0.6 is 0 Å². The van der Waals surface area contributed by atoms with Crippen LogP contribution in [0.25, 0.3) is 0 Å². The van der Waals surface area contributed by atoms with E-state index in [9.17, 15) is 0 Å². The van der Waals surface area contributed by atoms with Crippen molar-refractivity contribution in [3.8, 4) is 6.07 Å². The van der Waals surface area contributed by atoms with Gasteiger partial charge in [0.05, 0.1) is 12.8 Å². The molecule has 2 aromatic heterocycles. The maximum Gasteiger partial charge on any atom is 0.142 e. The number of furan rings is 1. The van der Waals surface area contributed by atoms with E-state index in [0.717, 1.165) is 11.6 Å². The number of nitrogens with zero attached hydrogens (tertiary/aromatic N) is 3. The molecule has 1 aliphatic carbocycles. The predicted molar refractivity (Wildman–Crippen MR) is 66.9 cm³/mol. The van der Waals surface area contributed by atoms with Gasteiger partial charge >= 0.3 is 0 Å². The van der Waals surface area contributed by atoms with Crippen molar-refractivity contribution in [2.75, 3.05) is 4.90 Å². The highest BCUT2D eigenvalue weighted by Crippen LogP contribution is 2.32. The van der Waals surface area contributed by atoms with Gasteiger partial charge in [-0.25, -0.2) is 4.98 Å². The van der Waals surface area contributed by atoms with Crippen LogP contribution in [0.1, 0.15) is 24.3 Å². The quantitative estimate of drug-likeness (QED) is 0.823. The molecule has 0 bridgehead atoms. The Morgan fingerprint density at radius 3 is 2.89 bits per heavy atom. The summed E-state index contributed by atoms with van der Waals surface area (Å²) in [4.78, 5) is 6.56. The Morgan fingerprint density at radius 1 is 1.33 bits per heavy atom. The third kappa shape index (κ3) is 2.21. The Hall–Kier alpha value is -2.28. The summed E-state index contributed by atoms with van der Waals surface area (Å²) in [6, 6.07) is 12.0. The maximum absolute atomic E-state index is 8.91. The molecule has 1 fully saturated rings. The molecule has 0 aliphatic heterocycles. The van der Waals surface area contributed by atoms with E-state index in [1.807, 2.05) is 24.3 Å². The van der Waals surface area contributed by atoms with Crippen molar-refractivity contribution in [1.29, 1.82) is 5.26 Å². The number of aromatic nitrogens is 1. The van der Waals surface area contributed by atoms with Crippen LogP contribution in [0.15, 0.2) is 41.0 Å². The maximum atomic E-state index is 8.91. The molecule has 4 heteroatoms. The molecule has 3 rings (SSSR count). The average molecular weight is 239 g/mol. The van der Waals surface area contributed by atoms with Gasteiger partial charge in [-0.2, -0.15) is 5.26 Å². The predicted octanol–water partition coefficient (Wildman–Crippen LogP) is 2.72. The zero-order valence-electron chi connectivity index (χ0n) is 9.91. The highest BCUT2D eigenvalue weighted by atomic mass is 16.3. The summed E-state index contributed by atoms with van der Waals surface area (Å²) in [6.07, 6.45) is 4.04. The van der Waals surface area contributed by atoms with Gasteiger partial charge in [0.15, 0.2) is 0 Å². The van der Waals surface area contributed by atoms with Gasteiger partial charge in [0.25, 0.3) is 0 Å². The minimum Gasteiger partial charge on any atom is -0.467 e. The van der Waals surface area contributed by atoms with Crippen LogP contribution in [-0.2, 0) is 6.54 Å². The molecule has 90 valence electrons. The fraction of sp³-hybridized carbons (Fsp3) is 0.286. The van der Waals surface area contributed by atoms with Crippen LogP contribution in [0, 0.1) is 11.3 Å². The first kappa shape index (κ1) is 10.8. The average Bonchev–Trinajstić information content (AvgIpc) is 3.13. The van der Waals surface area contributed by atoms with E-state index in [2.05, 4.69) is 16.0 Å². The first-order valence-electron chi connectivity index (χ1n) is 6.03. The summed E-state index contributed by atoms with van der Waals surface area (Å²) >= 11 is 0. The highest BCUT2D eigenvalue weighted by molar-refractivity contribution is 5.44. The molecule has 1 saturated carbocycles.